The average molecular weight is 531 g/mol. The molecule has 0 unspecified atom stereocenters. The van der Waals surface area contributed by atoms with Gasteiger partial charge in [-0.3, -0.25) is 14.8 Å². The number of benzene rings is 1. The maximum Gasteiger partial charge on any atom is 0.226 e. The quantitative estimate of drug-likeness (QED) is 0.296. The molecule has 3 aromatic heterocycles. The van der Waals surface area contributed by atoms with Crippen LogP contribution in [0.1, 0.15) is 43.0 Å². The minimum atomic E-state index is -0.201. The van der Waals surface area contributed by atoms with Gasteiger partial charge >= 0.3 is 0 Å². The Hall–Kier alpha value is -3.75. The number of halogens is 1. The molecule has 5 rings (SSSR count). The van der Waals surface area contributed by atoms with Gasteiger partial charge in [0.15, 0.2) is 5.11 Å². The molecule has 4 heterocycles. The highest BCUT2D eigenvalue weighted by Crippen LogP contribution is 2.43. The fourth-order valence-corrected chi connectivity index (χ4v) is 5.04. The van der Waals surface area contributed by atoms with Gasteiger partial charge in [0.05, 0.1) is 34.7 Å². The van der Waals surface area contributed by atoms with Crippen molar-refractivity contribution < 1.29 is 4.79 Å². The second kappa shape index (κ2) is 10.7. The van der Waals surface area contributed by atoms with Crippen molar-refractivity contribution >= 4 is 46.2 Å². The van der Waals surface area contributed by atoms with Crippen molar-refractivity contribution in [3.05, 3.63) is 107 Å². The van der Waals surface area contributed by atoms with Crippen molar-refractivity contribution in [2.24, 2.45) is 5.92 Å². The molecule has 1 saturated heterocycles. The summed E-state index contributed by atoms with van der Waals surface area (Å²) in [6.07, 6.45) is 5.64. The Balaban J connectivity index is 1.55. The third-order valence-electron chi connectivity index (χ3n) is 6.34. The van der Waals surface area contributed by atoms with Gasteiger partial charge in [-0.2, -0.15) is 0 Å². The van der Waals surface area contributed by atoms with E-state index in [2.05, 4.69) is 42.3 Å². The van der Waals surface area contributed by atoms with Gasteiger partial charge in [0.25, 0.3) is 0 Å². The first kappa shape index (κ1) is 24.9. The number of carbonyl (C=O) groups excluding carboxylic acids is 1. The van der Waals surface area contributed by atoms with E-state index in [-0.39, 0.29) is 23.9 Å². The minimum absolute atomic E-state index is 0.0894. The first-order valence-electron chi connectivity index (χ1n) is 12.1. The Morgan fingerprint density at radius 1 is 1.08 bits per heavy atom. The standard InChI is InChI=1S/C28H27ClN6OS/c1-18(2)27(36)32-22-12-11-20(16-21(22)29)35-26(25(33-28(35)37)23-9-4-6-14-31-23)24-10-7-15-34(24)17-19-8-3-5-13-30-19/h3-16,18,25-26H,17H2,1-2H3,(H,32,36)(H,33,37)/t25-,26+/m0/s1. The molecule has 0 aliphatic carbocycles. The molecule has 0 radical (unpaired) electrons. The lowest BCUT2D eigenvalue weighted by Crippen LogP contribution is -2.30. The van der Waals surface area contributed by atoms with Crippen LogP contribution >= 0.6 is 23.8 Å². The van der Waals surface area contributed by atoms with Gasteiger partial charge in [0, 0.05) is 35.9 Å². The highest BCUT2D eigenvalue weighted by Gasteiger charge is 2.42. The van der Waals surface area contributed by atoms with Crippen molar-refractivity contribution in [2.75, 3.05) is 10.2 Å². The highest BCUT2D eigenvalue weighted by atomic mass is 35.5. The first-order chi connectivity index (χ1) is 17.9. The number of pyridine rings is 2. The van der Waals surface area contributed by atoms with E-state index < -0.39 is 0 Å². The molecule has 1 aliphatic heterocycles. The van der Waals surface area contributed by atoms with Gasteiger partial charge in [0.1, 0.15) is 6.04 Å². The molecule has 4 aromatic rings. The third kappa shape index (κ3) is 5.21. The summed E-state index contributed by atoms with van der Waals surface area (Å²) in [6.45, 7) is 4.30. The van der Waals surface area contributed by atoms with Gasteiger partial charge in [0.2, 0.25) is 5.91 Å². The predicted octanol–water partition coefficient (Wildman–Crippen LogP) is 5.75. The summed E-state index contributed by atoms with van der Waals surface area (Å²) >= 11 is 12.5. The number of thiocarbonyl (C=S) groups is 1. The summed E-state index contributed by atoms with van der Waals surface area (Å²) in [5.41, 5.74) is 4.29. The summed E-state index contributed by atoms with van der Waals surface area (Å²) in [7, 11) is 0. The van der Waals surface area contributed by atoms with Crippen LogP contribution in [0.2, 0.25) is 5.02 Å². The Morgan fingerprint density at radius 3 is 2.54 bits per heavy atom. The van der Waals surface area contributed by atoms with Crippen molar-refractivity contribution in [1.29, 1.82) is 0 Å². The van der Waals surface area contributed by atoms with Crippen LogP contribution in [0, 0.1) is 5.92 Å². The molecular weight excluding hydrogens is 504 g/mol. The molecule has 1 aliphatic rings. The van der Waals surface area contributed by atoms with E-state index in [1.165, 1.54) is 0 Å². The van der Waals surface area contributed by atoms with Gasteiger partial charge in [-0.25, -0.2) is 0 Å². The number of anilines is 2. The predicted molar refractivity (Wildman–Crippen MR) is 151 cm³/mol. The van der Waals surface area contributed by atoms with Crippen LogP contribution in [-0.2, 0) is 11.3 Å². The molecule has 2 atom stereocenters. The largest absolute Gasteiger partial charge is 0.351 e. The topological polar surface area (TPSA) is 75.1 Å². The van der Waals surface area contributed by atoms with E-state index in [9.17, 15) is 4.79 Å². The van der Waals surface area contributed by atoms with Crippen LogP contribution in [0.5, 0.6) is 0 Å². The molecule has 37 heavy (non-hydrogen) atoms. The van der Waals surface area contributed by atoms with Crippen molar-refractivity contribution in [3.8, 4) is 0 Å². The Labute approximate surface area is 226 Å². The lowest BCUT2D eigenvalue weighted by atomic mass is 10.0. The molecule has 1 fully saturated rings. The van der Waals surface area contributed by atoms with Crippen LogP contribution in [0.25, 0.3) is 0 Å². The van der Waals surface area contributed by atoms with Crippen LogP contribution < -0.4 is 15.5 Å². The Morgan fingerprint density at radius 2 is 1.86 bits per heavy atom. The zero-order valence-corrected chi connectivity index (χ0v) is 22.1. The SMILES string of the molecule is CC(C)C(=O)Nc1ccc(N2C(=S)N[C@@H](c3ccccn3)[C@H]2c2cccn2Cc2ccccn2)cc1Cl. The van der Waals surface area contributed by atoms with Gasteiger partial charge < -0.3 is 20.1 Å². The Bertz CT molecular complexity index is 1410. The molecule has 7 nitrogen and oxygen atoms in total. The van der Waals surface area contributed by atoms with Gasteiger partial charge in [-0.15, -0.1) is 0 Å². The lowest BCUT2D eigenvalue weighted by Gasteiger charge is -2.29. The van der Waals surface area contributed by atoms with Gasteiger partial charge in [-0.1, -0.05) is 37.6 Å². The summed E-state index contributed by atoms with van der Waals surface area (Å²) in [4.78, 5) is 23.4. The number of nitrogens with one attached hydrogen (secondary N) is 2. The summed E-state index contributed by atoms with van der Waals surface area (Å²) in [5.74, 6) is -0.241. The van der Waals surface area contributed by atoms with E-state index in [0.29, 0.717) is 22.4 Å². The van der Waals surface area contributed by atoms with E-state index in [4.69, 9.17) is 23.8 Å². The number of hydrogen-bond donors (Lipinski definition) is 2. The van der Waals surface area contributed by atoms with Crippen LogP contribution in [-0.4, -0.2) is 25.6 Å². The maximum atomic E-state index is 12.2. The molecule has 0 bridgehead atoms. The van der Waals surface area contributed by atoms with Crippen LogP contribution in [0.15, 0.2) is 85.3 Å². The second-order valence-electron chi connectivity index (χ2n) is 9.19. The summed E-state index contributed by atoms with van der Waals surface area (Å²) < 4.78 is 2.18. The minimum Gasteiger partial charge on any atom is -0.351 e. The Kier molecular flexibility index (Phi) is 7.21. The molecule has 2 N–H and O–H groups in total. The molecule has 1 amide bonds. The van der Waals surface area contributed by atoms with Crippen molar-refractivity contribution in [2.45, 2.75) is 32.5 Å². The maximum absolute atomic E-state index is 12.2. The molecule has 1 aromatic carbocycles. The van der Waals surface area contributed by atoms with Crippen molar-refractivity contribution in [3.63, 3.8) is 0 Å². The van der Waals surface area contributed by atoms with Crippen LogP contribution in [0.3, 0.4) is 0 Å². The van der Waals surface area contributed by atoms with Crippen molar-refractivity contribution in [1.82, 2.24) is 19.9 Å². The smallest absolute Gasteiger partial charge is 0.226 e. The lowest BCUT2D eigenvalue weighted by molar-refractivity contribution is -0.118. The highest BCUT2D eigenvalue weighted by molar-refractivity contribution is 7.80. The number of rotatable bonds is 7. The molecule has 188 valence electrons. The monoisotopic (exact) mass is 530 g/mol. The first-order valence-corrected chi connectivity index (χ1v) is 12.9. The number of nitrogens with zero attached hydrogens (tertiary/aromatic N) is 4. The summed E-state index contributed by atoms with van der Waals surface area (Å²) in [6, 6.07) is 21.1. The molecule has 0 saturated carbocycles. The number of carbonyl (C=O) groups is 1. The fraction of sp³-hybridized carbons (Fsp3) is 0.214. The second-order valence-corrected chi connectivity index (χ2v) is 9.98. The fourth-order valence-electron chi connectivity index (χ4n) is 4.47. The number of aromatic nitrogens is 3. The molecule has 9 heteroatoms. The van der Waals surface area contributed by atoms with E-state index in [1.54, 1.807) is 12.4 Å². The average Bonchev–Trinajstić information content (AvgIpc) is 3.49. The van der Waals surface area contributed by atoms with E-state index in [0.717, 1.165) is 22.8 Å². The van der Waals surface area contributed by atoms with Gasteiger partial charge in [-0.05, 0) is 66.8 Å². The zero-order valence-electron chi connectivity index (χ0n) is 20.5. The van der Waals surface area contributed by atoms with E-state index >= 15 is 0 Å². The third-order valence-corrected chi connectivity index (χ3v) is 6.96. The zero-order chi connectivity index (χ0) is 25.9. The normalized spacial score (nSPS) is 17.2. The molecular formula is C28H27ClN6OS. The molecule has 0 spiro atoms. The summed E-state index contributed by atoms with van der Waals surface area (Å²) in [5, 5.41) is 7.39. The van der Waals surface area contributed by atoms with E-state index in [1.807, 2.05) is 74.5 Å². The van der Waals surface area contributed by atoms with Crippen LogP contribution in [0.4, 0.5) is 11.4 Å². The number of hydrogen-bond acceptors (Lipinski definition) is 4. The number of amides is 1.